The molecule has 0 bridgehead atoms. The van der Waals surface area contributed by atoms with Gasteiger partial charge in [-0.2, -0.15) is 4.31 Å². The molecule has 2 saturated heterocycles. The summed E-state index contributed by atoms with van der Waals surface area (Å²) < 4.78 is 28.3. The second-order valence-electron chi connectivity index (χ2n) is 5.92. The molecular weight excluding hydrogens is 399 g/mol. The number of piperidine rings is 1. The Bertz CT molecular complexity index is 582. The molecule has 2 heterocycles. The third-order valence-corrected chi connectivity index (χ3v) is 7.14. The van der Waals surface area contributed by atoms with Crippen LogP contribution in [0, 0.1) is 9.49 Å². The average Bonchev–Trinajstić information content (AvgIpc) is 3.02. The minimum absolute atomic E-state index is 0.419. The molecule has 4 nitrogen and oxygen atoms in total. The summed E-state index contributed by atoms with van der Waals surface area (Å²) in [7, 11) is -3.34. The van der Waals surface area contributed by atoms with Crippen LogP contribution in [-0.2, 0) is 10.0 Å². The first-order chi connectivity index (χ1) is 10.1. The second-order valence-corrected chi connectivity index (χ2v) is 9.11. The van der Waals surface area contributed by atoms with Crippen LogP contribution in [0.3, 0.4) is 0 Å². The van der Waals surface area contributed by atoms with Crippen molar-refractivity contribution in [1.29, 1.82) is 0 Å². The number of hydrogen-bond donors (Lipinski definition) is 1. The molecule has 0 spiro atoms. The highest BCUT2D eigenvalue weighted by molar-refractivity contribution is 14.1. The van der Waals surface area contributed by atoms with E-state index >= 15 is 0 Å². The number of hydrogen-bond acceptors (Lipinski definition) is 3. The molecule has 2 aliphatic rings. The first-order valence-electron chi connectivity index (χ1n) is 7.56. The normalized spacial score (nSPS) is 27.9. The highest BCUT2D eigenvalue weighted by Crippen LogP contribution is 2.28. The topological polar surface area (TPSA) is 49.4 Å². The van der Waals surface area contributed by atoms with Crippen molar-refractivity contribution >= 4 is 32.6 Å². The van der Waals surface area contributed by atoms with E-state index in [-0.39, 0.29) is 0 Å². The zero-order chi connectivity index (χ0) is 14.9. The standard InChI is InChI=1S/C15H21IN2O2S/c16-13-5-7-14(8-6-13)21(19,20)18-10-2-3-12(11-18)15-4-1-9-17-15/h5-8,12,15,17H,1-4,9-11H2. The SMILES string of the molecule is O=S(=O)(c1ccc(I)cc1)N1CCCC(C2CCCN2)C1. The first-order valence-corrected chi connectivity index (χ1v) is 10.1. The molecule has 1 aromatic rings. The van der Waals surface area contributed by atoms with Gasteiger partial charge in [0.1, 0.15) is 0 Å². The number of halogens is 1. The van der Waals surface area contributed by atoms with Gasteiger partial charge < -0.3 is 5.32 Å². The van der Waals surface area contributed by atoms with E-state index in [0.29, 0.717) is 29.9 Å². The largest absolute Gasteiger partial charge is 0.314 e. The predicted molar refractivity (Wildman–Crippen MR) is 91.7 cm³/mol. The van der Waals surface area contributed by atoms with E-state index in [2.05, 4.69) is 27.9 Å². The highest BCUT2D eigenvalue weighted by Gasteiger charge is 2.34. The van der Waals surface area contributed by atoms with E-state index in [1.807, 2.05) is 12.1 Å². The van der Waals surface area contributed by atoms with Gasteiger partial charge in [0.2, 0.25) is 10.0 Å². The van der Waals surface area contributed by atoms with Gasteiger partial charge in [0.25, 0.3) is 0 Å². The van der Waals surface area contributed by atoms with E-state index in [1.54, 1.807) is 16.4 Å². The summed E-state index contributed by atoms with van der Waals surface area (Å²) in [6.45, 7) is 2.38. The molecule has 0 saturated carbocycles. The molecular formula is C15H21IN2O2S. The molecule has 0 radical (unpaired) electrons. The lowest BCUT2D eigenvalue weighted by Gasteiger charge is -2.35. The number of rotatable bonds is 3. The Labute approximate surface area is 140 Å². The zero-order valence-electron chi connectivity index (χ0n) is 12.0. The molecule has 21 heavy (non-hydrogen) atoms. The highest BCUT2D eigenvalue weighted by atomic mass is 127. The van der Waals surface area contributed by atoms with Crippen molar-refractivity contribution in [3.8, 4) is 0 Å². The quantitative estimate of drug-likeness (QED) is 0.765. The maximum Gasteiger partial charge on any atom is 0.243 e. The maximum absolute atomic E-state index is 12.8. The van der Waals surface area contributed by atoms with Gasteiger partial charge in [-0.3, -0.25) is 0 Å². The first kappa shape index (κ1) is 15.7. The molecule has 0 amide bonds. The van der Waals surface area contributed by atoms with Crippen LogP contribution in [0.5, 0.6) is 0 Å². The zero-order valence-corrected chi connectivity index (χ0v) is 14.9. The van der Waals surface area contributed by atoms with Crippen LogP contribution in [0.25, 0.3) is 0 Å². The minimum Gasteiger partial charge on any atom is -0.314 e. The summed E-state index contributed by atoms with van der Waals surface area (Å²) in [4.78, 5) is 0.419. The van der Waals surface area contributed by atoms with Crippen LogP contribution in [0.4, 0.5) is 0 Å². The third kappa shape index (κ3) is 3.43. The van der Waals surface area contributed by atoms with Crippen LogP contribution >= 0.6 is 22.6 Å². The molecule has 2 aliphatic heterocycles. The van der Waals surface area contributed by atoms with Crippen molar-refractivity contribution in [2.24, 2.45) is 5.92 Å². The van der Waals surface area contributed by atoms with Gasteiger partial charge >= 0.3 is 0 Å². The molecule has 0 aromatic heterocycles. The lowest BCUT2D eigenvalue weighted by atomic mass is 9.91. The lowest BCUT2D eigenvalue weighted by molar-refractivity contribution is 0.226. The van der Waals surface area contributed by atoms with Crippen molar-refractivity contribution in [1.82, 2.24) is 9.62 Å². The monoisotopic (exact) mass is 420 g/mol. The van der Waals surface area contributed by atoms with Crippen molar-refractivity contribution in [3.05, 3.63) is 27.8 Å². The number of nitrogens with one attached hydrogen (secondary N) is 1. The fraction of sp³-hybridized carbons (Fsp3) is 0.600. The molecule has 3 rings (SSSR count). The molecule has 0 aliphatic carbocycles. The van der Waals surface area contributed by atoms with E-state index in [9.17, 15) is 8.42 Å². The van der Waals surface area contributed by atoms with Crippen molar-refractivity contribution in [3.63, 3.8) is 0 Å². The van der Waals surface area contributed by atoms with Crippen molar-refractivity contribution < 1.29 is 8.42 Å². The Hall–Kier alpha value is -0.180. The third-order valence-electron chi connectivity index (χ3n) is 4.54. The summed E-state index contributed by atoms with van der Waals surface area (Å²) in [5.74, 6) is 0.458. The van der Waals surface area contributed by atoms with Crippen molar-refractivity contribution in [2.75, 3.05) is 19.6 Å². The van der Waals surface area contributed by atoms with Crippen molar-refractivity contribution in [2.45, 2.75) is 36.6 Å². The van der Waals surface area contributed by atoms with Gasteiger partial charge in [0, 0.05) is 22.7 Å². The van der Waals surface area contributed by atoms with E-state index < -0.39 is 10.0 Å². The van der Waals surface area contributed by atoms with E-state index in [4.69, 9.17) is 0 Å². The van der Waals surface area contributed by atoms with E-state index in [0.717, 1.165) is 23.0 Å². The number of benzene rings is 1. The van der Waals surface area contributed by atoms with Gasteiger partial charge in [-0.1, -0.05) is 0 Å². The number of sulfonamides is 1. The molecule has 2 fully saturated rings. The summed E-state index contributed by atoms with van der Waals surface area (Å²) in [6, 6.07) is 7.64. The van der Waals surface area contributed by atoms with Gasteiger partial charge in [0.15, 0.2) is 0 Å². The summed E-state index contributed by atoms with van der Waals surface area (Å²) in [6.07, 6.45) is 4.50. The van der Waals surface area contributed by atoms with Crippen LogP contribution in [0.15, 0.2) is 29.2 Å². The Morgan fingerprint density at radius 1 is 1.14 bits per heavy atom. The van der Waals surface area contributed by atoms with E-state index in [1.165, 1.54) is 12.8 Å². The summed E-state index contributed by atoms with van der Waals surface area (Å²) in [5.41, 5.74) is 0. The van der Waals surface area contributed by atoms with Gasteiger partial charge in [-0.05, 0) is 85.0 Å². The fourth-order valence-electron chi connectivity index (χ4n) is 3.39. The maximum atomic E-state index is 12.8. The second kappa shape index (κ2) is 6.52. The minimum atomic E-state index is -3.34. The number of nitrogens with zero attached hydrogens (tertiary/aromatic N) is 1. The van der Waals surface area contributed by atoms with Crippen LogP contribution < -0.4 is 5.32 Å². The smallest absolute Gasteiger partial charge is 0.243 e. The predicted octanol–water partition coefficient (Wildman–Crippen LogP) is 2.44. The van der Waals surface area contributed by atoms with Crippen LogP contribution in [-0.4, -0.2) is 38.4 Å². The Kier molecular flexibility index (Phi) is 4.87. The van der Waals surface area contributed by atoms with Gasteiger partial charge in [0.05, 0.1) is 4.90 Å². The Morgan fingerprint density at radius 2 is 1.90 bits per heavy atom. The molecule has 116 valence electrons. The average molecular weight is 420 g/mol. The summed E-state index contributed by atoms with van der Waals surface area (Å²) >= 11 is 2.19. The Balaban J connectivity index is 1.76. The molecule has 6 heteroatoms. The van der Waals surface area contributed by atoms with Crippen LogP contribution in [0.1, 0.15) is 25.7 Å². The molecule has 1 aromatic carbocycles. The van der Waals surface area contributed by atoms with Gasteiger partial charge in [-0.15, -0.1) is 0 Å². The fourth-order valence-corrected chi connectivity index (χ4v) is 5.29. The molecule has 2 atom stereocenters. The van der Waals surface area contributed by atoms with Gasteiger partial charge in [-0.25, -0.2) is 8.42 Å². The molecule has 2 unspecified atom stereocenters. The molecule has 1 N–H and O–H groups in total. The lowest BCUT2D eigenvalue weighted by Crippen LogP contribution is -2.45. The summed E-state index contributed by atoms with van der Waals surface area (Å²) in [5, 5.41) is 3.52. The Morgan fingerprint density at radius 3 is 2.57 bits per heavy atom. The van der Waals surface area contributed by atoms with Crippen LogP contribution in [0.2, 0.25) is 0 Å².